The van der Waals surface area contributed by atoms with Crippen molar-refractivity contribution in [1.29, 1.82) is 0 Å². The molecular weight excluding hydrogens is 380 g/mol. The van der Waals surface area contributed by atoms with Gasteiger partial charge in [0.1, 0.15) is 0 Å². The molecule has 1 atom stereocenters. The maximum absolute atomic E-state index is 12.5. The van der Waals surface area contributed by atoms with Crippen molar-refractivity contribution in [3.8, 4) is 0 Å². The Kier molecular flexibility index (Phi) is 5.23. The highest BCUT2D eigenvalue weighted by Gasteiger charge is 2.35. The molecule has 4 nitrogen and oxygen atoms in total. The van der Waals surface area contributed by atoms with Gasteiger partial charge >= 0.3 is 0 Å². The van der Waals surface area contributed by atoms with Gasteiger partial charge in [-0.3, -0.25) is 9.59 Å². The predicted molar refractivity (Wildman–Crippen MR) is 104 cm³/mol. The van der Waals surface area contributed by atoms with Gasteiger partial charge in [-0.05, 0) is 54.8 Å². The van der Waals surface area contributed by atoms with Crippen LogP contribution in [0.3, 0.4) is 0 Å². The fourth-order valence-electron chi connectivity index (χ4n) is 3.01. The zero-order valence-electron chi connectivity index (χ0n) is 14.4. The quantitative estimate of drug-likeness (QED) is 0.830. The van der Waals surface area contributed by atoms with Crippen LogP contribution in [0, 0.1) is 12.8 Å². The van der Waals surface area contributed by atoms with Gasteiger partial charge in [-0.2, -0.15) is 0 Å². The lowest BCUT2D eigenvalue weighted by molar-refractivity contribution is -0.122. The van der Waals surface area contributed by atoms with Crippen molar-refractivity contribution in [2.24, 2.45) is 5.92 Å². The van der Waals surface area contributed by atoms with E-state index in [1.807, 2.05) is 49.4 Å². The number of carbonyl (C=O) groups excluding carboxylic acids is 2. The van der Waals surface area contributed by atoms with Crippen molar-refractivity contribution in [1.82, 2.24) is 0 Å². The number of hydrogen-bond acceptors (Lipinski definition) is 2. The van der Waals surface area contributed by atoms with Crippen molar-refractivity contribution in [3.05, 3.63) is 58.1 Å². The molecule has 2 aromatic rings. The molecule has 1 fully saturated rings. The van der Waals surface area contributed by atoms with Crippen LogP contribution >= 0.6 is 15.9 Å². The van der Waals surface area contributed by atoms with E-state index >= 15 is 0 Å². The normalized spacial score (nSPS) is 17.0. The molecular formula is C20H21BrN2O2. The molecule has 1 aliphatic rings. The van der Waals surface area contributed by atoms with E-state index in [9.17, 15) is 9.59 Å². The van der Waals surface area contributed by atoms with Gasteiger partial charge in [-0.1, -0.05) is 35.0 Å². The zero-order valence-corrected chi connectivity index (χ0v) is 16.0. The van der Waals surface area contributed by atoms with Crippen LogP contribution in [-0.4, -0.2) is 18.4 Å². The number of carbonyl (C=O) groups is 2. The first-order valence-corrected chi connectivity index (χ1v) is 9.23. The minimum atomic E-state index is -0.331. The highest BCUT2D eigenvalue weighted by Crippen LogP contribution is 2.27. The fraction of sp³-hybridized carbons (Fsp3) is 0.300. The summed E-state index contributed by atoms with van der Waals surface area (Å²) in [5.41, 5.74) is 3.90. The first kappa shape index (κ1) is 17.7. The van der Waals surface area contributed by atoms with Crippen LogP contribution in [0.1, 0.15) is 24.5 Å². The number of nitrogens with one attached hydrogen (secondary N) is 1. The molecule has 1 heterocycles. The van der Waals surface area contributed by atoms with Gasteiger partial charge in [-0.25, -0.2) is 0 Å². The van der Waals surface area contributed by atoms with Crippen molar-refractivity contribution in [3.63, 3.8) is 0 Å². The number of anilines is 2. The second-order valence-electron chi connectivity index (χ2n) is 6.38. The Balaban J connectivity index is 1.68. The molecule has 0 radical (unpaired) electrons. The number of aryl methyl sites for hydroxylation is 2. The summed E-state index contributed by atoms with van der Waals surface area (Å²) in [6.45, 7) is 4.49. The third-order valence-electron chi connectivity index (χ3n) is 4.58. The average molecular weight is 401 g/mol. The molecule has 1 unspecified atom stereocenters. The molecule has 0 saturated carbocycles. The second-order valence-corrected chi connectivity index (χ2v) is 7.23. The van der Waals surface area contributed by atoms with Gasteiger partial charge in [0.15, 0.2) is 0 Å². The topological polar surface area (TPSA) is 49.4 Å². The molecule has 0 aromatic heterocycles. The molecule has 2 aromatic carbocycles. The molecule has 3 rings (SSSR count). The SMILES string of the molecule is CCc1ccc(N2CC(C(=O)Nc3ccc(Br)c(C)c3)CC2=O)cc1. The Morgan fingerprint density at radius 3 is 2.60 bits per heavy atom. The van der Waals surface area contributed by atoms with Crippen LogP contribution < -0.4 is 10.2 Å². The Morgan fingerprint density at radius 2 is 1.96 bits per heavy atom. The Labute approximate surface area is 156 Å². The first-order chi connectivity index (χ1) is 12.0. The van der Waals surface area contributed by atoms with Crippen LogP contribution in [-0.2, 0) is 16.0 Å². The van der Waals surface area contributed by atoms with E-state index in [1.54, 1.807) is 4.90 Å². The van der Waals surface area contributed by atoms with E-state index in [4.69, 9.17) is 0 Å². The van der Waals surface area contributed by atoms with E-state index in [0.29, 0.717) is 6.54 Å². The van der Waals surface area contributed by atoms with E-state index < -0.39 is 0 Å². The van der Waals surface area contributed by atoms with E-state index in [1.165, 1.54) is 5.56 Å². The van der Waals surface area contributed by atoms with Gasteiger partial charge in [0.05, 0.1) is 5.92 Å². The van der Waals surface area contributed by atoms with Crippen molar-refractivity contribution in [2.45, 2.75) is 26.7 Å². The van der Waals surface area contributed by atoms with Crippen LogP contribution in [0.2, 0.25) is 0 Å². The summed E-state index contributed by atoms with van der Waals surface area (Å²) in [4.78, 5) is 26.6. The number of rotatable bonds is 4. The van der Waals surface area contributed by atoms with Gasteiger partial charge in [-0.15, -0.1) is 0 Å². The Hall–Kier alpha value is -2.14. The largest absolute Gasteiger partial charge is 0.326 e. The van der Waals surface area contributed by atoms with Gasteiger partial charge in [0.25, 0.3) is 0 Å². The summed E-state index contributed by atoms with van der Waals surface area (Å²) in [5.74, 6) is -0.443. The summed E-state index contributed by atoms with van der Waals surface area (Å²) in [6, 6.07) is 13.6. The molecule has 0 spiro atoms. The fourth-order valence-corrected chi connectivity index (χ4v) is 3.26. The highest BCUT2D eigenvalue weighted by atomic mass is 79.9. The summed E-state index contributed by atoms with van der Waals surface area (Å²) >= 11 is 3.45. The third-order valence-corrected chi connectivity index (χ3v) is 5.47. The summed E-state index contributed by atoms with van der Waals surface area (Å²) < 4.78 is 1.00. The minimum absolute atomic E-state index is 0.00335. The van der Waals surface area contributed by atoms with Crippen LogP contribution in [0.25, 0.3) is 0 Å². The van der Waals surface area contributed by atoms with E-state index in [-0.39, 0.29) is 24.2 Å². The minimum Gasteiger partial charge on any atom is -0.326 e. The molecule has 1 N–H and O–H groups in total. The molecule has 0 bridgehead atoms. The van der Waals surface area contributed by atoms with Crippen molar-refractivity contribution in [2.75, 3.05) is 16.8 Å². The highest BCUT2D eigenvalue weighted by molar-refractivity contribution is 9.10. The average Bonchev–Trinajstić information content (AvgIpc) is 3.00. The molecule has 25 heavy (non-hydrogen) atoms. The molecule has 1 aliphatic heterocycles. The Bertz CT molecular complexity index is 802. The standard InChI is InChI=1S/C20H21BrN2O2/c1-3-14-4-7-17(8-5-14)23-12-15(11-19(23)24)20(25)22-16-6-9-18(21)13(2)10-16/h4-10,15H,3,11-12H2,1-2H3,(H,22,25). The Morgan fingerprint density at radius 1 is 1.24 bits per heavy atom. The number of benzene rings is 2. The molecule has 5 heteroatoms. The van der Waals surface area contributed by atoms with Gasteiger partial charge < -0.3 is 10.2 Å². The maximum Gasteiger partial charge on any atom is 0.229 e. The monoisotopic (exact) mass is 400 g/mol. The molecule has 0 aliphatic carbocycles. The lowest BCUT2D eigenvalue weighted by Crippen LogP contribution is -2.28. The first-order valence-electron chi connectivity index (χ1n) is 8.44. The van der Waals surface area contributed by atoms with Crippen molar-refractivity contribution < 1.29 is 9.59 Å². The second kappa shape index (κ2) is 7.40. The lowest BCUT2D eigenvalue weighted by atomic mass is 10.1. The molecule has 130 valence electrons. The third kappa shape index (κ3) is 3.93. The number of nitrogens with zero attached hydrogens (tertiary/aromatic N) is 1. The summed E-state index contributed by atoms with van der Waals surface area (Å²) in [7, 11) is 0. The summed E-state index contributed by atoms with van der Waals surface area (Å²) in [5, 5.41) is 2.92. The number of amides is 2. The van der Waals surface area contributed by atoms with Crippen LogP contribution in [0.4, 0.5) is 11.4 Å². The van der Waals surface area contributed by atoms with Crippen LogP contribution in [0.15, 0.2) is 46.9 Å². The number of hydrogen-bond donors (Lipinski definition) is 1. The van der Waals surface area contributed by atoms with Gasteiger partial charge in [0.2, 0.25) is 11.8 Å². The van der Waals surface area contributed by atoms with E-state index in [2.05, 4.69) is 28.2 Å². The predicted octanol–water partition coefficient (Wildman–Crippen LogP) is 4.31. The van der Waals surface area contributed by atoms with Crippen molar-refractivity contribution >= 4 is 39.1 Å². The van der Waals surface area contributed by atoms with Crippen LogP contribution in [0.5, 0.6) is 0 Å². The molecule has 1 saturated heterocycles. The molecule has 2 amide bonds. The zero-order chi connectivity index (χ0) is 18.0. The van der Waals surface area contributed by atoms with E-state index in [0.717, 1.165) is 27.8 Å². The maximum atomic E-state index is 12.5. The number of halogens is 1. The smallest absolute Gasteiger partial charge is 0.229 e. The lowest BCUT2D eigenvalue weighted by Gasteiger charge is -2.17. The summed E-state index contributed by atoms with van der Waals surface area (Å²) in [6.07, 6.45) is 1.21. The van der Waals surface area contributed by atoms with Gasteiger partial charge in [0, 0.05) is 28.8 Å².